The second kappa shape index (κ2) is 5.36. The van der Waals surface area contributed by atoms with Crippen molar-refractivity contribution >= 4 is 11.7 Å². The van der Waals surface area contributed by atoms with Gasteiger partial charge in [0.25, 0.3) is 0 Å². The first-order valence-electron chi connectivity index (χ1n) is 6.01. The molecule has 6 nitrogen and oxygen atoms in total. The van der Waals surface area contributed by atoms with Crippen molar-refractivity contribution in [1.82, 2.24) is 5.32 Å². The van der Waals surface area contributed by atoms with Crippen LogP contribution in [0.2, 0.25) is 0 Å². The van der Waals surface area contributed by atoms with Crippen molar-refractivity contribution in [1.29, 1.82) is 0 Å². The topological polar surface area (TPSA) is 79.8 Å². The highest BCUT2D eigenvalue weighted by atomic mass is 16.5. The molecule has 0 aromatic heterocycles. The van der Waals surface area contributed by atoms with Crippen LogP contribution < -0.4 is 20.1 Å². The third-order valence-corrected chi connectivity index (χ3v) is 3.22. The number of carboxylic acid groups (broad SMARTS) is 1. The van der Waals surface area contributed by atoms with E-state index in [9.17, 15) is 4.79 Å². The molecule has 2 rings (SSSR count). The quantitative estimate of drug-likeness (QED) is 0.711. The van der Waals surface area contributed by atoms with Crippen molar-refractivity contribution in [3.8, 4) is 11.5 Å². The molecule has 0 saturated carbocycles. The van der Waals surface area contributed by atoms with Crippen LogP contribution in [-0.2, 0) is 4.79 Å². The van der Waals surface area contributed by atoms with E-state index in [1.807, 2.05) is 0 Å². The SMILES string of the molecule is COc1ccc(OC)c(NC2(CC(=O)O)CNC2)c1. The van der Waals surface area contributed by atoms with Gasteiger partial charge in [0.05, 0.1) is 31.9 Å². The highest BCUT2D eigenvalue weighted by Crippen LogP contribution is 2.33. The van der Waals surface area contributed by atoms with Gasteiger partial charge in [-0.05, 0) is 12.1 Å². The molecule has 0 unspecified atom stereocenters. The van der Waals surface area contributed by atoms with Gasteiger partial charge in [0.15, 0.2) is 0 Å². The standard InChI is InChI=1S/C13H18N2O4/c1-18-9-3-4-11(19-2)10(5-9)15-13(6-12(16)17)7-14-8-13/h3-5,14-15H,6-8H2,1-2H3,(H,16,17). The summed E-state index contributed by atoms with van der Waals surface area (Å²) < 4.78 is 10.5. The number of rotatable bonds is 6. The third kappa shape index (κ3) is 2.90. The summed E-state index contributed by atoms with van der Waals surface area (Å²) in [5.74, 6) is 0.536. The average Bonchev–Trinajstić information content (AvgIpc) is 2.35. The van der Waals surface area contributed by atoms with Crippen LogP contribution in [0.1, 0.15) is 6.42 Å². The molecule has 3 N–H and O–H groups in total. The molecule has 104 valence electrons. The molecule has 0 spiro atoms. The van der Waals surface area contributed by atoms with E-state index in [0.717, 1.165) is 5.69 Å². The van der Waals surface area contributed by atoms with Gasteiger partial charge in [-0.15, -0.1) is 0 Å². The van der Waals surface area contributed by atoms with Crippen LogP contribution in [0.25, 0.3) is 0 Å². The van der Waals surface area contributed by atoms with Crippen molar-refractivity contribution < 1.29 is 19.4 Å². The molecule has 19 heavy (non-hydrogen) atoms. The van der Waals surface area contributed by atoms with Crippen molar-refractivity contribution in [2.45, 2.75) is 12.0 Å². The van der Waals surface area contributed by atoms with E-state index in [0.29, 0.717) is 24.6 Å². The summed E-state index contributed by atoms with van der Waals surface area (Å²) in [4.78, 5) is 11.0. The molecule has 1 aromatic rings. The van der Waals surface area contributed by atoms with Crippen molar-refractivity contribution in [2.75, 3.05) is 32.6 Å². The van der Waals surface area contributed by atoms with E-state index in [4.69, 9.17) is 14.6 Å². The Labute approximate surface area is 111 Å². The third-order valence-electron chi connectivity index (χ3n) is 3.22. The van der Waals surface area contributed by atoms with E-state index >= 15 is 0 Å². The Bertz CT molecular complexity index is 472. The molecule has 1 aliphatic heterocycles. The minimum absolute atomic E-state index is 0.0559. The summed E-state index contributed by atoms with van der Waals surface area (Å²) in [7, 11) is 3.17. The molecule has 0 bridgehead atoms. The number of hydrogen-bond acceptors (Lipinski definition) is 5. The lowest BCUT2D eigenvalue weighted by molar-refractivity contribution is -0.138. The van der Waals surface area contributed by atoms with Gasteiger partial charge < -0.3 is 25.2 Å². The highest BCUT2D eigenvalue weighted by Gasteiger charge is 2.39. The zero-order valence-electron chi connectivity index (χ0n) is 11.0. The Balaban J connectivity index is 2.23. The van der Waals surface area contributed by atoms with Crippen LogP contribution in [0.5, 0.6) is 11.5 Å². The summed E-state index contributed by atoms with van der Waals surface area (Å²) >= 11 is 0. The number of carboxylic acids is 1. The maximum atomic E-state index is 11.0. The van der Waals surface area contributed by atoms with E-state index < -0.39 is 11.5 Å². The Kier molecular flexibility index (Phi) is 3.80. The highest BCUT2D eigenvalue weighted by molar-refractivity contribution is 5.71. The summed E-state index contributed by atoms with van der Waals surface area (Å²) in [5.41, 5.74) is 0.274. The molecule has 1 aliphatic rings. The molecular formula is C13H18N2O4. The fraction of sp³-hybridized carbons (Fsp3) is 0.462. The summed E-state index contributed by atoms with van der Waals surface area (Å²) in [5, 5.41) is 15.4. The van der Waals surface area contributed by atoms with E-state index in [-0.39, 0.29) is 6.42 Å². The number of anilines is 1. The number of nitrogens with one attached hydrogen (secondary N) is 2. The molecule has 0 radical (unpaired) electrons. The number of carbonyl (C=O) groups is 1. The number of benzene rings is 1. The molecule has 6 heteroatoms. The molecule has 1 fully saturated rings. The van der Waals surface area contributed by atoms with Gasteiger partial charge in [0.2, 0.25) is 0 Å². The monoisotopic (exact) mass is 266 g/mol. The molecule has 1 heterocycles. The predicted molar refractivity (Wildman–Crippen MR) is 71.0 cm³/mol. The molecule has 0 atom stereocenters. The number of hydrogen-bond donors (Lipinski definition) is 3. The molecule has 0 aliphatic carbocycles. The second-order valence-corrected chi connectivity index (χ2v) is 4.65. The van der Waals surface area contributed by atoms with E-state index in [1.165, 1.54) is 0 Å². The van der Waals surface area contributed by atoms with Crippen LogP contribution in [-0.4, -0.2) is 43.9 Å². The van der Waals surface area contributed by atoms with Crippen LogP contribution in [0, 0.1) is 0 Å². The van der Waals surface area contributed by atoms with Gasteiger partial charge in [-0.3, -0.25) is 4.79 Å². The lowest BCUT2D eigenvalue weighted by atomic mass is 9.88. The normalized spacial score (nSPS) is 16.3. The minimum atomic E-state index is -0.823. The van der Waals surface area contributed by atoms with E-state index in [1.54, 1.807) is 32.4 Å². The Hall–Kier alpha value is -1.95. The van der Waals surface area contributed by atoms with Gasteiger partial charge in [-0.2, -0.15) is 0 Å². The van der Waals surface area contributed by atoms with E-state index in [2.05, 4.69) is 10.6 Å². The van der Waals surface area contributed by atoms with Crippen LogP contribution in [0.3, 0.4) is 0 Å². The zero-order chi connectivity index (χ0) is 13.9. The minimum Gasteiger partial charge on any atom is -0.497 e. The van der Waals surface area contributed by atoms with Crippen LogP contribution >= 0.6 is 0 Å². The predicted octanol–water partition coefficient (Wildman–Crippen LogP) is 0.932. The molecule has 1 saturated heterocycles. The van der Waals surface area contributed by atoms with Gasteiger partial charge in [-0.25, -0.2) is 0 Å². The van der Waals surface area contributed by atoms with Gasteiger partial charge in [0.1, 0.15) is 11.5 Å². The molecular weight excluding hydrogens is 248 g/mol. The van der Waals surface area contributed by atoms with Gasteiger partial charge >= 0.3 is 5.97 Å². The first kappa shape index (κ1) is 13.5. The first-order chi connectivity index (χ1) is 9.08. The van der Waals surface area contributed by atoms with Crippen LogP contribution in [0.15, 0.2) is 18.2 Å². The Morgan fingerprint density at radius 3 is 2.63 bits per heavy atom. The second-order valence-electron chi connectivity index (χ2n) is 4.65. The maximum Gasteiger partial charge on any atom is 0.305 e. The van der Waals surface area contributed by atoms with Gasteiger partial charge in [-0.1, -0.05) is 0 Å². The lowest BCUT2D eigenvalue weighted by Gasteiger charge is -2.43. The molecule has 1 aromatic carbocycles. The van der Waals surface area contributed by atoms with Crippen molar-refractivity contribution in [3.05, 3.63) is 18.2 Å². The van der Waals surface area contributed by atoms with Crippen molar-refractivity contribution in [2.24, 2.45) is 0 Å². The average molecular weight is 266 g/mol. The fourth-order valence-corrected chi connectivity index (χ4v) is 2.17. The summed E-state index contributed by atoms with van der Waals surface area (Å²) in [6.07, 6.45) is 0.0559. The Morgan fingerprint density at radius 2 is 2.16 bits per heavy atom. The van der Waals surface area contributed by atoms with Gasteiger partial charge in [0, 0.05) is 19.2 Å². The zero-order valence-corrected chi connectivity index (χ0v) is 11.0. The lowest BCUT2D eigenvalue weighted by Crippen LogP contribution is -2.65. The summed E-state index contributed by atoms with van der Waals surface area (Å²) in [6.45, 7) is 1.22. The van der Waals surface area contributed by atoms with Crippen LogP contribution in [0.4, 0.5) is 5.69 Å². The number of aliphatic carboxylic acids is 1. The fourth-order valence-electron chi connectivity index (χ4n) is 2.17. The largest absolute Gasteiger partial charge is 0.497 e. The first-order valence-corrected chi connectivity index (χ1v) is 6.01. The summed E-state index contributed by atoms with van der Waals surface area (Å²) in [6, 6.07) is 5.40. The number of ether oxygens (including phenoxy) is 2. The van der Waals surface area contributed by atoms with Crippen molar-refractivity contribution in [3.63, 3.8) is 0 Å². The number of methoxy groups -OCH3 is 2. The molecule has 0 amide bonds. The Morgan fingerprint density at radius 1 is 1.42 bits per heavy atom. The maximum absolute atomic E-state index is 11.0. The smallest absolute Gasteiger partial charge is 0.305 e.